The summed E-state index contributed by atoms with van der Waals surface area (Å²) in [5, 5.41) is 11.5. The molecule has 112 valence electrons. The molecule has 0 aliphatic rings. The topological polar surface area (TPSA) is 73.0 Å². The fraction of sp³-hybridized carbons (Fsp3) is 0.357. The second kappa shape index (κ2) is 6.62. The molecule has 2 rings (SSSR count). The average molecular weight is 306 g/mol. The van der Waals surface area contributed by atoms with Crippen LogP contribution in [-0.2, 0) is 11.8 Å². The van der Waals surface area contributed by atoms with Crippen molar-refractivity contribution in [3.63, 3.8) is 0 Å². The lowest BCUT2D eigenvalue weighted by molar-refractivity contribution is -0.120. The molecular weight excluding hydrogens is 288 g/mol. The molecule has 1 N–H and O–H groups in total. The lowest BCUT2D eigenvalue weighted by atomic mass is 10.2. The van der Waals surface area contributed by atoms with Crippen molar-refractivity contribution in [1.82, 2.24) is 20.1 Å². The maximum atomic E-state index is 11.9. The largest absolute Gasteiger partial charge is 0.469 e. The van der Waals surface area contributed by atoms with Gasteiger partial charge in [0, 0.05) is 13.6 Å². The van der Waals surface area contributed by atoms with E-state index in [1.165, 1.54) is 11.8 Å². The summed E-state index contributed by atoms with van der Waals surface area (Å²) in [6, 6.07) is 1.86. The van der Waals surface area contributed by atoms with Gasteiger partial charge < -0.3 is 14.3 Å². The first kappa shape index (κ1) is 15.4. The van der Waals surface area contributed by atoms with Crippen LogP contribution in [0.5, 0.6) is 0 Å². The minimum atomic E-state index is -0.258. The lowest BCUT2D eigenvalue weighted by Gasteiger charge is -2.10. The monoisotopic (exact) mass is 306 g/mol. The number of hydrogen-bond acceptors (Lipinski definition) is 5. The highest BCUT2D eigenvalue weighted by Gasteiger charge is 2.20. The van der Waals surface area contributed by atoms with E-state index in [0.717, 1.165) is 17.1 Å². The molecule has 0 aliphatic heterocycles. The number of hydrogen-bond donors (Lipinski definition) is 1. The predicted molar refractivity (Wildman–Crippen MR) is 82.0 cm³/mol. The van der Waals surface area contributed by atoms with Crippen molar-refractivity contribution in [2.45, 2.75) is 24.3 Å². The molecule has 2 aromatic heterocycles. The molecule has 0 saturated heterocycles. The molecule has 0 bridgehead atoms. The van der Waals surface area contributed by atoms with Crippen LogP contribution in [0.2, 0.25) is 0 Å². The third-order valence-electron chi connectivity index (χ3n) is 3.01. The molecule has 0 fully saturated rings. The maximum Gasteiger partial charge on any atom is 0.233 e. The first-order valence-electron chi connectivity index (χ1n) is 6.53. The van der Waals surface area contributed by atoms with Crippen LogP contribution in [0.15, 0.2) is 34.6 Å². The minimum absolute atomic E-state index is 0.0519. The number of aromatic nitrogens is 3. The van der Waals surface area contributed by atoms with E-state index in [2.05, 4.69) is 22.1 Å². The van der Waals surface area contributed by atoms with Gasteiger partial charge in [-0.1, -0.05) is 17.8 Å². The standard InChI is InChI=1S/C14H18N4O2S/c1-5-7-15-13(19)10(3)21-14-17-16-12(18(14)4)11-6-8-20-9(11)2/h5-6,8,10H,1,7H2,2-4H3,(H,15,19)/t10-/m1/s1. The zero-order valence-corrected chi connectivity index (χ0v) is 13.1. The van der Waals surface area contributed by atoms with E-state index in [-0.39, 0.29) is 11.2 Å². The Bertz CT molecular complexity index is 647. The van der Waals surface area contributed by atoms with Crippen molar-refractivity contribution in [3.05, 3.63) is 30.7 Å². The van der Waals surface area contributed by atoms with Crippen LogP contribution in [0.1, 0.15) is 12.7 Å². The summed E-state index contributed by atoms with van der Waals surface area (Å²) in [5.41, 5.74) is 0.903. The van der Waals surface area contributed by atoms with Gasteiger partial charge in [0.1, 0.15) is 5.76 Å². The molecule has 0 unspecified atom stereocenters. The Balaban J connectivity index is 2.12. The molecular formula is C14H18N4O2S. The van der Waals surface area contributed by atoms with E-state index in [4.69, 9.17) is 4.42 Å². The van der Waals surface area contributed by atoms with Gasteiger partial charge in [0.2, 0.25) is 5.91 Å². The van der Waals surface area contributed by atoms with Gasteiger partial charge in [-0.05, 0) is 19.9 Å². The van der Waals surface area contributed by atoms with Crippen LogP contribution in [-0.4, -0.2) is 32.5 Å². The van der Waals surface area contributed by atoms with Gasteiger partial charge in [0.25, 0.3) is 0 Å². The van der Waals surface area contributed by atoms with Crippen molar-refractivity contribution < 1.29 is 9.21 Å². The van der Waals surface area contributed by atoms with Crippen LogP contribution >= 0.6 is 11.8 Å². The molecule has 1 atom stereocenters. The van der Waals surface area contributed by atoms with E-state index in [1.807, 2.05) is 31.5 Å². The predicted octanol–water partition coefficient (Wildman–Crippen LogP) is 2.17. The van der Waals surface area contributed by atoms with Gasteiger partial charge in [-0.25, -0.2) is 0 Å². The number of carbonyl (C=O) groups excluding carboxylic acids is 1. The van der Waals surface area contributed by atoms with E-state index >= 15 is 0 Å². The number of thioether (sulfide) groups is 1. The molecule has 0 aromatic carbocycles. The molecule has 0 aliphatic carbocycles. The summed E-state index contributed by atoms with van der Waals surface area (Å²) in [5.74, 6) is 1.46. The number of carbonyl (C=O) groups is 1. The van der Waals surface area contributed by atoms with Gasteiger partial charge in [0.05, 0.1) is 17.1 Å². The van der Waals surface area contributed by atoms with Crippen molar-refractivity contribution in [2.75, 3.05) is 6.54 Å². The summed E-state index contributed by atoms with van der Waals surface area (Å²) in [6.07, 6.45) is 3.27. The fourth-order valence-corrected chi connectivity index (χ4v) is 2.64. The van der Waals surface area contributed by atoms with Gasteiger partial charge >= 0.3 is 0 Å². The second-order valence-corrected chi connectivity index (χ2v) is 5.86. The molecule has 2 aromatic rings. The third-order valence-corrected chi connectivity index (χ3v) is 4.14. The van der Waals surface area contributed by atoms with Crippen LogP contribution in [0.25, 0.3) is 11.4 Å². The van der Waals surface area contributed by atoms with Crippen molar-refractivity contribution >= 4 is 17.7 Å². The van der Waals surface area contributed by atoms with Crippen LogP contribution in [0.4, 0.5) is 0 Å². The quantitative estimate of drug-likeness (QED) is 0.654. The molecule has 2 heterocycles. The number of nitrogens with zero attached hydrogens (tertiary/aromatic N) is 3. The zero-order valence-electron chi connectivity index (χ0n) is 12.3. The molecule has 0 saturated carbocycles. The summed E-state index contributed by atoms with van der Waals surface area (Å²) < 4.78 is 7.15. The Morgan fingerprint density at radius 3 is 3.00 bits per heavy atom. The van der Waals surface area contributed by atoms with E-state index in [9.17, 15) is 4.79 Å². The van der Waals surface area contributed by atoms with Crippen LogP contribution in [0, 0.1) is 6.92 Å². The second-order valence-electron chi connectivity index (χ2n) is 4.55. The first-order valence-corrected chi connectivity index (χ1v) is 7.41. The molecule has 6 nitrogen and oxygen atoms in total. The Morgan fingerprint density at radius 1 is 1.62 bits per heavy atom. The third kappa shape index (κ3) is 3.36. The summed E-state index contributed by atoms with van der Waals surface area (Å²) in [4.78, 5) is 11.9. The number of nitrogens with one attached hydrogen (secondary N) is 1. The minimum Gasteiger partial charge on any atom is -0.469 e. The molecule has 7 heteroatoms. The normalized spacial score (nSPS) is 12.1. The lowest BCUT2D eigenvalue weighted by Crippen LogP contribution is -2.31. The highest BCUT2D eigenvalue weighted by atomic mass is 32.2. The summed E-state index contributed by atoms with van der Waals surface area (Å²) >= 11 is 1.37. The highest BCUT2D eigenvalue weighted by molar-refractivity contribution is 8.00. The van der Waals surface area contributed by atoms with Crippen molar-refractivity contribution in [3.8, 4) is 11.4 Å². The molecule has 0 spiro atoms. The number of aryl methyl sites for hydroxylation is 1. The Morgan fingerprint density at radius 2 is 2.38 bits per heavy atom. The molecule has 21 heavy (non-hydrogen) atoms. The van der Waals surface area contributed by atoms with Crippen molar-refractivity contribution in [2.24, 2.45) is 7.05 Å². The Hall–Kier alpha value is -2.02. The number of amides is 1. The first-order chi connectivity index (χ1) is 10.0. The van der Waals surface area contributed by atoms with Gasteiger partial charge in [0.15, 0.2) is 11.0 Å². The van der Waals surface area contributed by atoms with Gasteiger partial charge in [-0.3, -0.25) is 4.79 Å². The highest BCUT2D eigenvalue weighted by Crippen LogP contribution is 2.27. The number of rotatable bonds is 6. The van der Waals surface area contributed by atoms with Crippen LogP contribution < -0.4 is 5.32 Å². The smallest absolute Gasteiger partial charge is 0.233 e. The summed E-state index contributed by atoms with van der Waals surface area (Å²) in [7, 11) is 1.87. The SMILES string of the molecule is C=CCNC(=O)[C@@H](C)Sc1nnc(-c2ccoc2C)n1C. The average Bonchev–Trinajstić information content (AvgIpc) is 3.03. The zero-order chi connectivity index (χ0) is 15.4. The van der Waals surface area contributed by atoms with Crippen LogP contribution in [0.3, 0.4) is 0 Å². The Labute approximate surface area is 127 Å². The maximum absolute atomic E-state index is 11.9. The van der Waals surface area contributed by atoms with Gasteiger partial charge in [-0.15, -0.1) is 16.8 Å². The molecule has 1 amide bonds. The molecule has 0 radical (unpaired) electrons. The summed E-state index contributed by atoms with van der Waals surface area (Å²) in [6.45, 7) is 7.74. The van der Waals surface area contributed by atoms with E-state index in [1.54, 1.807) is 12.3 Å². The fourth-order valence-electron chi connectivity index (χ4n) is 1.80. The Kier molecular flexibility index (Phi) is 4.85. The van der Waals surface area contributed by atoms with E-state index < -0.39 is 0 Å². The van der Waals surface area contributed by atoms with Crippen molar-refractivity contribution in [1.29, 1.82) is 0 Å². The van der Waals surface area contributed by atoms with E-state index in [0.29, 0.717) is 11.7 Å². The van der Waals surface area contributed by atoms with Gasteiger partial charge in [-0.2, -0.15) is 0 Å². The number of furan rings is 1.